The van der Waals surface area contributed by atoms with Crippen LogP contribution in [0.1, 0.15) is 5.89 Å². The van der Waals surface area contributed by atoms with Gasteiger partial charge in [0.05, 0.1) is 0 Å². The first kappa shape index (κ1) is 13.7. The molecule has 4 nitrogen and oxygen atoms in total. The van der Waals surface area contributed by atoms with Crippen LogP contribution in [-0.4, -0.2) is 22.3 Å². The Morgan fingerprint density at radius 1 is 1.26 bits per heavy atom. The van der Waals surface area contributed by atoms with Gasteiger partial charge in [-0.05, 0) is 30.5 Å². The molecule has 8 heteroatoms. The maximum absolute atomic E-state index is 12.3. The van der Waals surface area contributed by atoms with Crippen LogP contribution in [0.25, 0.3) is 11.4 Å². The lowest BCUT2D eigenvalue weighted by Crippen LogP contribution is -2.04. The molecular weight excluding hydrogens is 281 g/mol. The van der Waals surface area contributed by atoms with Gasteiger partial charge in [0.2, 0.25) is 5.82 Å². The van der Waals surface area contributed by atoms with Crippen LogP contribution in [0, 0.1) is 0 Å². The van der Waals surface area contributed by atoms with E-state index in [1.807, 2.05) is 6.26 Å². The van der Waals surface area contributed by atoms with Gasteiger partial charge in [-0.15, -0.1) is 11.8 Å². The Morgan fingerprint density at radius 2 is 1.95 bits per heavy atom. The normalized spacial score (nSPS) is 11.6. The molecule has 0 aliphatic carbocycles. The fourth-order valence-electron chi connectivity index (χ4n) is 1.28. The van der Waals surface area contributed by atoms with Gasteiger partial charge in [-0.1, -0.05) is 5.16 Å². The number of rotatable bonds is 4. The molecule has 0 aliphatic heterocycles. The van der Waals surface area contributed by atoms with Crippen molar-refractivity contribution in [3.05, 3.63) is 30.2 Å². The predicted octanol–water partition coefficient (Wildman–Crippen LogP) is 3.45. The second-order valence-electron chi connectivity index (χ2n) is 3.50. The summed E-state index contributed by atoms with van der Waals surface area (Å²) in [5.41, 5.74) is 0.427. The monoisotopic (exact) mass is 290 g/mol. The minimum Gasteiger partial charge on any atom is -0.483 e. The summed E-state index contributed by atoms with van der Waals surface area (Å²) >= 11 is 1.52. The van der Waals surface area contributed by atoms with E-state index in [0.29, 0.717) is 17.3 Å². The van der Waals surface area contributed by atoms with Crippen molar-refractivity contribution in [2.45, 2.75) is 6.18 Å². The molecule has 0 radical (unpaired) electrons. The molecule has 1 heterocycles. The lowest BCUT2D eigenvalue weighted by atomic mass is 10.2. The average Bonchev–Trinajstić information content (AvgIpc) is 2.86. The number of ether oxygens (including phenoxy) is 1. The SMILES string of the molecule is CSCOc1ccc(-c2noc(C(F)(F)F)n2)cc1. The number of benzene rings is 1. The van der Waals surface area contributed by atoms with E-state index in [0.717, 1.165) is 0 Å². The van der Waals surface area contributed by atoms with Crippen molar-refractivity contribution in [3.8, 4) is 17.1 Å². The van der Waals surface area contributed by atoms with Gasteiger partial charge in [-0.2, -0.15) is 18.2 Å². The number of halogens is 3. The number of aromatic nitrogens is 2. The molecule has 2 aromatic rings. The van der Waals surface area contributed by atoms with Crippen molar-refractivity contribution in [1.82, 2.24) is 10.1 Å². The van der Waals surface area contributed by atoms with Crippen molar-refractivity contribution in [2.75, 3.05) is 12.2 Å². The summed E-state index contributed by atoms with van der Waals surface area (Å²) in [6.45, 7) is 0. The first-order valence-corrected chi connectivity index (χ1v) is 6.53. The van der Waals surface area contributed by atoms with Crippen molar-refractivity contribution in [1.29, 1.82) is 0 Å². The molecule has 0 atom stereocenters. The van der Waals surface area contributed by atoms with E-state index < -0.39 is 12.1 Å². The summed E-state index contributed by atoms with van der Waals surface area (Å²) in [4.78, 5) is 3.30. The maximum atomic E-state index is 12.3. The summed E-state index contributed by atoms with van der Waals surface area (Å²) in [6, 6.07) is 6.41. The number of hydrogen-bond donors (Lipinski definition) is 0. The molecule has 102 valence electrons. The standard InChI is InChI=1S/C11H9F3N2O2S/c1-19-6-17-8-4-2-7(3-5-8)9-15-10(18-16-9)11(12,13)14/h2-5H,6H2,1H3. The molecule has 0 saturated heterocycles. The first-order valence-electron chi connectivity index (χ1n) is 5.14. The zero-order valence-electron chi connectivity index (χ0n) is 9.77. The predicted molar refractivity (Wildman–Crippen MR) is 63.7 cm³/mol. The molecule has 0 amide bonds. The minimum absolute atomic E-state index is 0.108. The largest absolute Gasteiger partial charge is 0.483 e. The van der Waals surface area contributed by atoms with Crippen LogP contribution >= 0.6 is 11.8 Å². The summed E-state index contributed by atoms with van der Waals surface area (Å²) < 4.78 is 46.4. The van der Waals surface area contributed by atoms with Crippen molar-refractivity contribution < 1.29 is 22.4 Å². The summed E-state index contributed by atoms with van der Waals surface area (Å²) in [5, 5.41) is 3.29. The van der Waals surface area contributed by atoms with Gasteiger partial charge in [0.25, 0.3) is 0 Å². The lowest BCUT2D eigenvalue weighted by Gasteiger charge is -2.03. The number of alkyl halides is 3. The van der Waals surface area contributed by atoms with Gasteiger partial charge in [-0.25, -0.2) is 0 Å². The molecule has 0 unspecified atom stereocenters. The van der Waals surface area contributed by atoms with E-state index in [2.05, 4.69) is 14.7 Å². The molecule has 0 bridgehead atoms. The Bertz CT molecular complexity index is 540. The minimum atomic E-state index is -4.63. The highest BCUT2D eigenvalue weighted by Gasteiger charge is 2.38. The fourth-order valence-corrected chi connectivity index (χ4v) is 1.54. The number of nitrogens with zero attached hydrogens (tertiary/aromatic N) is 2. The van der Waals surface area contributed by atoms with Gasteiger partial charge in [0.1, 0.15) is 11.7 Å². The van der Waals surface area contributed by atoms with Crippen LogP contribution in [0.3, 0.4) is 0 Å². The van der Waals surface area contributed by atoms with Crippen LogP contribution in [0.15, 0.2) is 28.8 Å². The van der Waals surface area contributed by atoms with Crippen LogP contribution in [0.4, 0.5) is 13.2 Å². The summed E-state index contributed by atoms with van der Waals surface area (Å²) in [6.07, 6.45) is -2.74. The van der Waals surface area contributed by atoms with Crippen molar-refractivity contribution in [2.24, 2.45) is 0 Å². The Hall–Kier alpha value is -1.70. The molecule has 19 heavy (non-hydrogen) atoms. The highest BCUT2D eigenvalue weighted by Crippen LogP contribution is 2.29. The Labute approximate surface area is 111 Å². The topological polar surface area (TPSA) is 48.2 Å². The number of hydrogen-bond acceptors (Lipinski definition) is 5. The van der Waals surface area contributed by atoms with Gasteiger partial charge < -0.3 is 9.26 Å². The smallest absolute Gasteiger partial charge is 0.471 e. The second kappa shape index (κ2) is 5.52. The van der Waals surface area contributed by atoms with Crippen LogP contribution in [-0.2, 0) is 6.18 Å². The number of thioether (sulfide) groups is 1. The molecule has 1 aromatic carbocycles. The van der Waals surface area contributed by atoms with Crippen LogP contribution < -0.4 is 4.74 Å². The average molecular weight is 290 g/mol. The van der Waals surface area contributed by atoms with Gasteiger partial charge in [0.15, 0.2) is 0 Å². The van der Waals surface area contributed by atoms with E-state index >= 15 is 0 Å². The second-order valence-corrected chi connectivity index (χ2v) is 4.31. The molecule has 1 aromatic heterocycles. The molecule has 0 spiro atoms. The molecule has 0 aliphatic rings. The van der Waals surface area contributed by atoms with Crippen LogP contribution in [0.5, 0.6) is 5.75 Å². The highest BCUT2D eigenvalue weighted by atomic mass is 32.2. The van der Waals surface area contributed by atoms with E-state index in [9.17, 15) is 13.2 Å². The third-order valence-corrected chi connectivity index (χ3v) is 2.48. The van der Waals surface area contributed by atoms with E-state index in [4.69, 9.17) is 4.74 Å². The maximum Gasteiger partial charge on any atom is 0.471 e. The zero-order chi connectivity index (χ0) is 13.9. The van der Waals surface area contributed by atoms with E-state index in [1.165, 1.54) is 11.8 Å². The van der Waals surface area contributed by atoms with Crippen molar-refractivity contribution >= 4 is 11.8 Å². The van der Waals surface area contributed by atoms with Gasteiger partial charge in [-0.3, -0.25) is 0 Å². The van der Waals surface area contributed by atoms with Gasteiger partial charge in [0, 0.05) is 5.56 Å². The fraction of sp³-hybridized carbons (Fsp3) is 0.273. The Balaban J connectivity index is 2.16. The third-order valence-electron chi connectivity index (χ3n) is 2.12. The molecule has 0 N–H and O–H groups in total. The van der Waals surface area contributed by atoms with Gasteiger partial charge >= 0.3 is 12.1 Å². The zero-order valence-corrected chi connectivity index (χ0v) is 10.6. The van der Waals surface area contributed by atoms with Crippen LogP contribution in [0.2, 0.25) is 0 Å². The van der Waals surface area contributed by atoms with E-state index in [1.54, 1.807) is 24.3 Å². The molecular formula is C11H9F3N2O2S. The first-order chi connectivity index (χ1) is 9.00. The highest BCUT2D eigenvalue weighted by molar-refractivity contribution is 7.98. The van der Waals surface area contributed by atoms with E-state index in [-0.39, 0.29) is 5.82 Å². The third kappa shape index (κ3) is 3.40. The molecule has 0 fully saturated rings. The van der Waals surface area contributed by atoms with Crippen molar-refractivity contribution in [3.63, 3.8) is 0 Å². The molecule has 0 saturated carbocycles. The Morgan fingerprint density at radius 3 is 2.47 bits per heavy atom. The summed E-state index contributed by atoms with van der Waals surface area (Å²) in [5.74, 6) is -0.341. The lowest BCUT2D eigenvalue weighted by molar-refractivity contribution is -0.159. The summed E-state index contributed by atoms with van der Waals surface area (Å²) in [7, 11) is 0. The molecule has 2 rings (SSSR count). The quantitative estimate of drug-likeness (QED) is 0.807. The Kier molecular flexibility index (Phi) is 3.98.